The first-order chi connectivity index (χ1) is 15.2. The summed E-state index contributed by atoms with van der Waals surface area (Å²) in [5.74, 6) is -0.942. The molecule has 3 amide bonds. The van der Waals surface area contributed by atoms with Crippen LogP contribution in [0.5, 0.6) is 0 Å². The van der Waals surface area contributed by atoms with Gasteiger partial charge in [0.15, 0.2) is 0 Å². The Balaban J connectivity index is 3.40. The normalized spacial score (nSPS) is 13.5. The maximum Gasteiger partial charge on any atom is 0.408 e. The molecule has 0 aliphatic heterocycles. The number of aliphatic hydroxyl groups is 1. The summed E-state index contributed by atoms with van der Waals surface area (Å²) < 4.78 is 5.23. The van der Waals surface area contributed by atoms with E-state index >= 15 is 0 Å². The first kappa shape index (κ1) is 28.2. The van der Waals surface area contributed by atoms with Gasteiger partial charge in [0, 0.05) is 12.1 Å². The van der Waals surface area contributed by atoms with Crippen LogP contribution in [0.25, 0.3) is 6.08 Å². The second-order valence-electron chi connectivity index (χ2n) is 9.93. The third-order valence-corrected chi connectivity index (χ3v) is 4.44. The molecule has 8 heteroatoms. The fourth-order valence-electron chi connectivity index (χ4n) is 3.21. The van der Waals surface area contributed by atoms with Crippen molar-refractivity contribution >= 4 is 24.0 Å². The summed E-state index contributed by atoms with van der Waals surface area (Å²) in [5, 5.41) is 15.3. The summed E-state index contributed by atoms with van der Waals surface area (Å²) in [6, 6.07) is 4.98. The lowest BCUT2D eigenvalue weighted by atomic mass is 9.98. The second-order valence-corrected chi connectivity index (χ2v) is 9.93. The molecule has 2 unspecified atom stereocenters. The van der Waals surface area contributed by atoms with Crippen molar-refractivity contribution in [1.29, 1.82) is 0 Å². The number of hydrogen-bond donors (Lipinski definition) is 3. The van der Waals surface area contributed by atoms with Gasteiger partial charge < -0.3 is 25.4 Å². The third-order valence-electron chi connectivity index (χ3n) is 4.44. The van der Waals surface area contributed by atoms with Gasteiger partial charge in [-0.05, 0) is 65.2 Å². The molecule has 1 aromatic rings. The molecule has 0 aliphatic carbocycles. The van der Waals surface area contributed by atoms with E-state index in [0.29, 0.717) is 12.0 Å². The van der Waals surface area contributed by atoms with Gasteiger partial charge in [-0.25, -0.2) is 4.79 Å². The van der Waals surface area contributed by atoms with Crippen molar-refractivity contribution < 1.29 is 24.2 Å². The molecule has 0 heterocycles. The SMILES string of the molecule is C=Cc1cccc(C(C(=O)NC(C)(C)C)N(CCC)C(=O)C(CO)NC(=O)OC(C)(C)C)c1. The van der Waals surface area contributed by atoms with Gasteiger partial charge in [0.2, 0.25) is 11.8 Å². The zero-order chi connectivity index (χ0) is 25.4. The van der Waals surface area contributed by atoms with Gasteiger partial charge in [0.25, 0.3) is 0 Å². The predicted octanol–water partition coefficient (Wildman–Crippen LogP) is 3.41. The van der Waals surface area contributed by atoms with E-state index in [2.05, 4.69) is 17.2 Å². The van der Waals surface area contributed by atoms with Crippen LogP contribution in [0.3, 0.4) is 0 Å². The molecular weight excluding hydrogens is 422 g/mol. The number of ether oxygens (including phenoxy) is 1. The zero-order valence-corrected chi connectivity index (χ0v) is 20.9. The Bertz CT molecular complexity index is 839. The number of nitrogens with zero attached hydrogens (tertiary/aromatic N) is 1. The number of benzene rings is 1. The van der Waals surface area contributed by atoms with Crippen molar-refractivity contribution in [3.05, 3.63) is 42.0 Å². The number of carbonyl (C=O) groups is 3. The average molecular weight is 462 g/mol. The van der Waals surface area contributed by atoms with Crippen LogP contribution in [0.15, 0.2) is 30.8 Å². The maximum atomic E-state index is 13.5. The van der Waals surface area contributed by atoms with Crippen LogP contribution in [0.1, 0.15) is 72.1 Å². The van der Waals surface area contributed by atoms with Gasteiger partial charge in [-0.2, -0.15) is 0 Å². The zero-order valence-electron chi connectivity index (χ0n) is 20.9. The van der Waals surface area contributed by atoms with Gasteiger partial charge in [0.05, 0.1) is 6.61 Å². The summed E-state index contributed by atoms with van der Waals surface area (Å²) in [6.07, 6.45) is 1.40. The number of hydrogen-bond acceptors (Lipinski definition) is 5. The van der Waals surface area contributed by atoms with Crippen molar-refractivity contribution in [2.75, 3.05) is 13.2 Å². The van der Waals surface area contributed by atoms with Crippen LogP contribution in [0, 0.1) is 0 Å². The van der Waals surface area contributed by atoms with E-state index in [1.54, 1.807) is 45.0 Å². The van der Waals surface area contributed by atoms with Gasteiger partial charge in [0.1, 0.15) is 17.7 Å². The van der Waals surface area contributed by atoms with Crippen molar-refractivity contribution in [3.63, 3.8) is 0 Å². The van der Waals surface area contributed by atoms with E-state index in [1.165, 1.54) is 4.90 Å². The minimum atomic E-state index is -1.26. The first-order valence-electron chi connectivity index (χ1n) is 11.2. The lowest BCUT2D eigenvalue weighted by Gasteiger charge is -2.35. The fourth-order valence-corrected chi connectivity index (χ4v) is 3.21. The van der Waals surface area contributed by atoms with Crippen LogP contribution in [-0.2, 0) is 14.3 Å². The molecule has 0 bridgehead atoms. The van der Waals surface area contributed by atoms with Crippen molar-refractivity contribution in [2.24, 2.45) is 0 Å². The van der Waals surface area contributed by atoms with E-state index < -0.39 is 41.8 Å². The Kier molecular flexibility index (Phi) is 10.1. The van der Waals surface area contributed by atoms with E-state index in [4.69, 9.17) is 4.74 Å². The molecule has 0 radical (unpaired) electrons. The highest BCUT2D eigenvalue weighted by Gasteiger charge is 2.36. The van der Waals surface area contributed by atoms with Crippen LogP contribution in [0.2, 0.25) is 0 Å². The van der Waals surface area contributed by atoms with Crippen LogP contribution in [-0.4, -0.2) is 58.2 Å². The monoisotopic (exact) mass is 461 g/mol. The lowest BCUT2D eigenvalue weighted by molar-refractivity contribution is -0.143. The Morgan fingerprint density at radius 1 is 1.18 bits per heavy atom. The first-order valence-corrected chi connectivity index (χ1v) is 11.2. The van der Waals surface area contributed by atoms with E-state index in [9.17, 15) is 19.5 Å². The van der Waals surface area contributed by atoms with Gasteiger partial charge >= 0.3 is 6.09 Å². The molecule has 1 rings (SSSR count). The molecule has 0 saturated heterocycles. The topological polar surface area (TPSA) is 108 Å². The highest BCUT2D eigenvalue weighted by molar-refractivity contribution is 5.92. The summed E-state index contributed by atoms with van der Waals surface area (Å²) in [6.45, 7) is 15.9. The number of rotatable bonds is 9. The van der Waals surface area contributed by atoms with E-state index in [1.807, 2.05) is 33.8 Å². The second kappa shape index (κ2) is 11.8. The number of alkyl carbamates (subject to hydrolysis) is 1. The molecule has 1 aromatic carbocycles. The highest BCUT2D eigenvalue weighted by atomic mass is 16.6. The molecular formula is C25H39N3O5. The Labute approximate surface area is 197 Å². The molecule has 8 nitrogen and oxygen atoms in total. The van der Waals surface area contributed by atoms with Crippen molar-refractivity contribution in [3.8, 4) is 0 Å². The van der Waals surface area contributed by atoms with Crippen LogP contribution < -0.4 is 10.6 Å². The smallest absolute Gasteiger partial charge is 0.408 e. The third kappa shape index (κ3) is 9.26. The standard InChI is InChI=1S/C25H39N3O5/c1-9-14-28(22(31)19(16-29)26-23(32)33-25(6,7)8)20(21(30)27-24(3,4)5)18-13-11-12-17(10-2)15-18/h10-13,15,19-20,29H,2,9,14,16H2,1,3-8H3,(H,26,32)(H,27,30). The highest BCUT2D eigenvalue weighted by Crippen LogP contribution is 2.25. The fraction of sp³-hybridized carbons (Fsp3) is 0.560. The maximum absolute atomic E-state index is 13.5. The summed E-state index contributed by atoms with van der Waals surface area (Å²) in [5.41, 5.74) is 0.106. The van der Waals surface area contributed by atoms with E-state index in [-0.39, 0.29) is 12.5 Å². The molecule has 0 saturated carbocycles. The Morgan fingerprint density at radius 2 is 1.82 bits per heavy atom. The lowest BCUT2D eigenvalue weighted by Crippen LogP contribution is -2.55. The molecule has 33 heavy (non-hydrogen) atoms. The molecule has 3 N–H and O–H groups in total. The average Bonchev–Trinajstić information content (AvgIpc) is 2.68. The van der Waals surface area contributed by atoms with Crippen molar-refractivity contribution in [1.82, 2.24) is 15.5 Å². The number of amides is 3. The van der Waals surface area contributed by atoms with E-state index in [0.717, 1.165) is 5.56 Å². The summed E-state index contributed by atoms with van der Waals surface area (Å²) in [7, 11) is 0. The van der Waals surface area contributed by atoms with Crippen molar-refractivity contribution in [2.45, 2.75) is 78.1 Å². The molecule has 0 aromatic heterocycles. The quantitative estimate of drug-likeness (QED) is 0.522. The minimum Gasteiger partial charge on any atom is -0.444 e. The molecule has 184 valence electrons. The van der Waals surface area contributed by atoms with Crippen LogP contribution in [0.4, 0.5) is 4.79 Å². The predicted molar refractivity (Wildman–Crippen MR) is 129 cm³/mol. The molecule has 0 spiro atoms. The summed E-state index contributed by atoms with van der Waals surface area (Å²) >= 11 is 0. The molecule has 0 aliphatic rings. The Morgan fingerprint density at radius 3 is 2.30 bits per heavy atom. The van der Waals surface area contributed by atoms with Gasteiger partial charge in [-0.15, -0.1) is 0 Å². The number of aliphatic hydroxyl groups excluding tert-OH is 1. The number of carbonyl (C=O) groups excluding carboxylic acids is 3. The molecule has 0 fully saturated rings. The largest absolute Gasteiger partial charge is 0.444 e. The summed E-state index contributed by atoms with van der Waals surface area (Å²) in [4.78, 5) is 40.5. The van der Waals surface area contributed by atoms with Crippen LogP contribution >= 0.6 is 0 Å². The van der Waals surface area contributed by atoms with Gasteiger partial charge in [-0.1, -0.05) is 37.8 Å². The minimum absolute atomic E-state index is 0.242. The molecule has 2 atom stereocenters. The van der Waals surface area contributed by atoms with Gasteiger partial charge in [-0.3, -0.25) is 9.59 Å². The Hall–Kier alpha value is -2.87. The number of nitrogens with one attached hydrogen (secondary N) is 2.